The average Bonchev–Trinajstić information content (AvgIpc) is 2.60. The summed E-state index contributed by atoms with van der Waals surface area (Å²) in [6.45, 7) is 3.46. The van der Waals surface area contributed by atoms with Gasteiger partial charge in [-0.15, -0.1) is 0 Å². The highest BCUT2D eigenvalue weighted by molar-refractivity contribution is 9.10. The second kappa shape index (κ2) is 7.36. The number of hydrogen-bond donors (Lipinski definition) is 0. The number of aryl methyl sites for hydroxylation is 1. The van der Waals surface area contributed by atoms with Gasteiger partial charge in [0.1, 0.15) is 29.6 Å². The number of likely N-dealkylation sites (N-methyl/N-ethyl adjacent to an activating group) is 1. The monoisotopic (exact) mass is 403 g/mol. The van der Waals surface area contributed by atoms with Crippen LogP contribution in [0.5, 0.6) is 0 Å². The van der Waals surface area contributed by atoms with E-state index in [1.165, 1.54) is 6.07 Å². The van der Waals surface area contributed by atoms with E-state index in [0.717, 1.165) is 30.9 Å². The van der Waals surface area contributed by atoms with Crippen LogP contribution in [0.25, 0.3) is 0 Å². The molecule has 7 heteroatoms. The molecule has 0 spiro atoms. The highest BCUT2D eigenvalue weighted by Crippen LogP contribution is 2.31. The summed E-state index contributed by atoms with van der Waals surface area (Å²) in [4.78, 5) is 12.7. The Hall–Kier alpha value is -2.20. The minimum absolute atomic E-state index is 0.101. The SMILES string of the molecule is Cc1cc(N(C)C2CCCN(c3cc(Br)cc(F)c3C#N)C2)ncn1. The molecule has 1 aromatic carbocycles. The fraction of sp³-hybridized carbons (Fsp3) is 0.389. The molecule has 0 radical (unpaired) electrons. The van der Waals surface area contributed by atoms with E-state index >= 15 is 0 Å². The molecule has 3 rings (SSSR count). The van der Waals surface area contributed by atoms with E-state index in [2.05, 4.69) is 35.7 Å². The van der Waals surface area contributed by atoms with Crippen LogP contribution < -0.4 is 9.80 Å². The van der Waals surface area contributed by atoms with Crippen LogP contribution in [0.3, 0.4) is 0 Å². The molecule has 1 fully saturated rings. The molecule has 130 valence electrons. The van der Waals surface area contributed by atoms with E-state index in [4.69, 9.17) is 0 Å². The number of nitrogens with zero attached hydrogens (tertiary/aromatic N) is 5. The molecular weight excluding hydrogens is 385 g/mol. The molecular formula is C18H19BrFN5. The van der Waals surface area contributed by atoms with E-state index < -0.39 is 5.82 Å². The molecule has 2 aromatic rings. The number of hydrogen-bond acceptors (Lipinski definition) is 5. The lowest BCUT2D eigenvalue weighted by Gasteiger charge is -2.39. The number of halogens is 2. The quantitative estimate of drug-likeness (QED) is 0.782. The van der Waals surface area contributed by atoms with Crippen molar-refractivity contribution in [3.8, 4) is 6.07 Å². The lowest BCUT2D eigenvalue weighted by Crippen LogP contribution is -2.47. The van der Waals surface area contributed by atoms with Gasteiger partial charge in [0, 0.05) is 42.4 Å². The van der Waals surface area contributed by atoms with Crippen molar-refractivity contribution in [2.24, 2.45) is 0 Å². The summed E-state index contributed by atoms with van der Waals surface area (Å²) in [7, 11) is 2.02. The van der Waals surface area contributed by atoms with Gasteiger partial charge in [0.2, 0.25) is 0 Å². The van der Waals surface area contributed by atoms with Crippen LogP contribution in [0.1, 0.15) is 24.1 Å². The number of nitriles is 1. The molecule has 1 aliphatic heterocycles. The van der Waals surface area contributed by atoms with Crippen molar-refractivity contribution < 1.29 is 4.39 Å². The average molecular weight is 404 g/mol. The van der Waals surface area contributed by atoms with Crippen LogP contribution >= 0.6 is 15.9 Å². The van der Waals surface area contributed by atoms with Gasteiger partial charge in [-0.05, 0) is 31.9 Å². The Bertz CT molecular complexity index is 820. The molecule has 0 N–H and O–H groups in total. The van der Waals surface area contributed by atoms with Gasteiger partial charge in [-0.25, -0.2) is 14.4 Å². The largest absolute Gasteiger partial charge is 0.368 e. The Morgan fingerprint density at radius 3 is 2.88 bits per heavy atom. The van der Waals surface area contributed by atoms with Crippen LogP contribution in [0.15, 0.2) is 29.0 Å². The molecule has 1 saturated heterocycles. The Kier molecular flexibility index (Phi) is 5.19. The lowest BCUT2D eigenvalue weighted by atomic mass is 10.0. The van der Waals surface area contributed by atoms with Gasteiger partial charge in [-0.3, -0.25) is 0 Å². The Balaban J connectivity index is 1.86. The minimum Gasteiger partial charge on any atom is -0.368 e. The minimum atomic E-state index is -0.492. The van der Waals surface area contributed by atoms with Gasteiger partial charge in [-0.2, -0.15) is 5.26 Å². The van der Waals surface area contributed by atoms with Crippen molar-refractivity contribution in [3.63, 3.8) is 0 Å². The van der Waals surface area contributed by atoms with E-state index in [0.29, 0.717) is 16.7 Å². The first-order chi connectivity index (χ1) is 12.0. The van der Waals surface area contributed by atoms with Gasteiger partial charge < -0.3 is 9.80 Å². The van der Waals surface area contributed by atoms with Crippen LogP contribution in [-0.2, 0) is 0 Å². The summed E-state index contributed by atoms with van der Waals surface area (Å²) in [6, 6.07) is 7.34. The third kappa shape index (κ3) is 3.74. The van der Waals surface area contributed by atoms with Crippen molar-refractivity contribution >= 4 is 27.4 Å². The summed E-state index contributed by atoms with van der Waals surface area (Å²) in [6.07, 6.45) is 3.56. The Morgan fingerprint density at radius 2 is 2.16 bits per heavy atom. The molecule has 1 aromatic heterocycles. The number of aromatic nitrogens is 2. The van der Waals surface area contributed by atoms with Crippen molar-refractivity contribution in [2.75, 3.05) is 29.9 Å². The van der Waals surface area contributed by atoms with Gasteiger partial charge in [0.15, 0.2) is 0 Å². The van der Waals surface area contributed by atoms with Crippen molar-refractivity contribution in [1.82, 2.24) is 9.97 Å². The summed E-state index contributed by atoms with van der Waals surface area (Å²) in [5, 5.41) is 9.35. The van der Waals surface area contributed by atoms with Crippen LogP contribution in [0.2, 0.25) is 0 Å². The highest BCUT2D eigenvalue weighted by Gasteiger charge is 2.26. The first-order valence-corrected chi connectivity index (χ1v) is 8.94. The van der Waals surface area contributed by atoms with E-state index in [-0.39, 0.29) is 11.6 Å². The summed E-state index contributed by atoms with van der Waals surface area (Å²) < 4.78 is 14.8. The number of piperidine rings is 1. The van der Waals surface area contributed by atoms with E-state index in [9.17, 15) is 9.65 Å². The zero-order chi connectivity index (χ0) is 18.0. The maximum absolute atomic E-state index is 14.1. The van der Waals surface area contributed by atoms with Crippen molar-refractivity contribution in [1.29, 1.82) is 5.26 Å². The van der Waals surface area contributed by atoms with Crippen LogP contribution in [0.4, 0.5) is 15.9 Å². The molecule has 25 heavy (non-hydrogen) atoms. The normalized spacial score (nSPS) is 17.2. The fourth-order valence-corrected chi connectivity index (χ4v) is 3.65. The summed E-state index contributed by atoms with van der Waals surface area (Å²) in [5.74, 6) is 0.383. The number of benzene rings is 1. The first-order valence-electron chi connectivity index (χ1n) is 8.15. The molecule has 5 nitrogen and oxygen atoms in total. The number of anilines is 2. The molecule has 0 amide bonds. The van der Waals surface area contributed by atoms with Gasteiger partial charge >= 0.3 is 0 Å². The first kappa shape index (κ1) is 17.6. The standard InChI is InChI=1S/C18H19BrFN5/c1-12-6-18(23-11-22-12)24(2)14-4-3-5-25(10-14)17-8-13(19)7-16(20)15(17)9-21/h6-8,11,14H,3-5,10H2,1-2H3. The fourth-order valence-electron chi connectivity index (χ4n) is 3.23. The molecule has 0 aliphatic carbocycles. The van der Waals surface area contributed by atoms with Gasteiger partial charge in [0.05, 0.1) is 5.69 Å². The molecule has 1 atom stereocenters. The lowest BCUT2D eigenvalue weighted by molar-refractivity contribution is 0.484. The van der Waals surface area contributed by atoms with Crippen molar-refractivity contribution in [2.45, 2.75) is 25.8 Å². The van der Waals surface area contributed by atoms with E-state index in [1.807, 2.05) is 32.2 Å². The topological polar surface area (TPSA) is 56.0 Å². The predicted molar refractivity (Wildman–Crippen MR) is 99.2 cm³/mol. The molecule has 1 unspecified atom stereocenters. The van der Waals surface area contributed by atoms with Crippen molar-refractivity contribution in [3.05, 3.63) is 46.1 Å². The Morgan fingerprint density at radius 1 is 1.36 bits per heavy atom. The maximum atomic E-state index is 14.1. The second-order valence-corrected chi connectivity index (χ2v) is 7.18. The summed E-state index contributed by atoms with van der Waals surface area (Å²) in [5.41, 5.74) is 1.67. The predicted octanol–water partition coefficient (Wildman–Crippen LogP) is 3.66. The second-order valence-electron chi connectivity index (χ2n) is 6.26. The maximum Gasteiger partial charge on any atom is 0.144 e. The smallest absolute Gasteiger partial charge is 0.144 e. The molecule has 0 bridgehead atoms. The molecule has 2 heterocycles. The van der Waals surface area contributed by atoms with Crippen LogP contribution in [-0.4, -0.2) is 36.1 Å². The van der Waals surface area contributed by atoms with Gasteiger partial charge in [-0.1, -0.05) is 15.9 Å². The van der Waals surface area contributed by atoms with Crippen LogP contribution in [0, 0.1) is 24.1 Å². The van der Waals surface area contributed by atoms with E-state index in [1.54, 1.807) is 6.33 Å². The zero-order valence-electron chi connectivity index (χ0n) is 14.2. The molecule has 1 aliphatic rings. The third-order valence-corrected chi connectivity index (χ3v) is 5.04. The summed E-state index contributed by atoms with van der Waals surface area (Å²) >= 11 is 3.33. The third-order valence-electron chi connectivity index (χ3n) is 4.58. The zero-order valence-corrected chi connectivity index (χ0v) is 15.8. The van der Waals surface area contributed by atoms with Gasteiger partial charge in [0.25, 0.3) is 0 Å². The highest BCUT2D eigenvalue weighted by atomic mass is 79.9. The number of rotatable bonds is 3. The Labute approximate surface area is 155 Å². The molecule has 0 saturated carbocycles.